The number of halogens is 4. The molecule has 0 bridgehead atoms. The Bertz CT molecular complexity index is 971. The van der Waals surface area contributed by atoms with Gasteiger partial charge in [-0.1, -0.05) is 12.8 Å². The van der Waals surface area contributed by atoms with Crippen LogP contribution in [-0.4, -0.2) is 77.1 Å². The van der Waals surface area contributed by atoms with E-state index < -0.39 is 12.1 Å². The molecule has 36 heavy (non-hydrogen) atoms. The lowest BCUT2D eigenvalue weighted by molar-refractivity contribution is -0.192. The molecule has 2 atom stereocenters. The molecule has 5 rings (SSSR count). The zero-order valence-corrected chi connectivity index (χ0v) is 19.9. The average molecular weight is 514 g/mol. The molecule has 1 spiro atoms. The number of aliphatic carboxylic acids is 1. The number of fused-ring (bicyclic) bond motifs is 2. The number of nitrogens with one attached hydrogen (secondary N) is 1. The molecule has 4 fully saturated rings. The molecule has 0 aromatic heterocycles. The molecule has 1 aromatic rings. The Hall–Kier alpha value is -2.69. The highest BCUT2D eigenvalue weighted by atomic mass is 19.4. The number of carboxylic acids is 1. The summed E-state index contributed by atoms with van der Waals surface area (Å²) < 4.78 is 44.9. The van der Waals surface area contributed by atoms with E-state index >= 15 is 0 Å². The topological polar surface area (TPSA) is 89.9 Å². The molecule has 11 heteroatoms. The van der Waals surface area contributed by atoms with Crippen LogP contribution >= 0.6 is 0 Å². The maximum atomic E-state index is 13.1. The number of alkyl halides is 3. The lowest BCUT2D eigenvalue weighted by Gasteiger charge is -2.43. The standard InChI is InChI=1S/C23H30FN3O2.C2HF3O2/c24-18-7-5-17(6-8-18)22(29)27-11-9-23(10-12-27)20-15-26(13-16-3-1-2-4-16)14-19(20)21(28)25-23;3-2(4,5)1(6)7/h5-8,16,19-20H,1-4,9-15H2,(H,25,28);(H,6,7)/t19-,20+;/m1./s1. The molecule has 3 aliphatic heterocycles. The Morgan fingerprint density at radius 1 is 1.06 bits per heavy atom. The molecule has 1 aromatic carbocycles. The SMILES string of the molecule is O=C(O)C(F)(F)F.O=C1NC2(CCN(C(=O)c3ccc(F)cc3)CC2)[C@H]2CN(CC3CCCC3)C[C@@H]12. The van der Waals surface area contributed by atoms with Crippen molar-refractivity contribution in [2.45, 2.75) is 50.2 Å². The van der Waals surface area contributed by atoms with Crippen LogP contribution in [0.1, 0.15) is 48.9 Å². The van der Waals surface area contributed by atoms with Crippen molar-refractivity contribution in [3.05, 3.63) is 35.6 Å². The van der Waals surface area contributed by atoms with Gasteiger partial charge in [0.15, 0.2) is 0 Å². The number of likely N-dealkylation sites (tertiary alicyclic amines) is 2. The zero-order valence-electron chi connectivity index (χ0n) is 19.9. The second kappa shape index (κ2) is 10.4. The van der Waals surface area contributed by atoms with E-state index in [1.54, 1.807) is 12.1 Å². The number of hydrogen-bond acceptors (Lipinski definition) is 4. The maximum Gasteiger partial charge on any atom is 0.490 e. The molecule has 3 heterocycles. The van der Waals surface area contributed by atoms with Crippen LogP contribution in [0, 0.1) is 23.6 Å². The highest BCUT2D eigenvalue weighted by Gasteiger charge is 2.57. The summed E-state index contributed by atoms with van der Waals surface area (Å²) in [6.45, 7) is 4.33. The van der Waals surface area contributed by atoms with Gasteiger partial charge in [-0.05, 0) is 55.9 Å². The van der Waals surface area contributed by atoms with Crippen LogP contribution in [-0.2, 0) is 9.59 Å². The van der Waals surface area contributed by atoms with Gasteiger partial charge in [0.2, 0.25) is 5.91 Å². The molecule has 3 saturated heterocycles. The van der Waals surface area contributed by atoms with Gasteiger partial charge < -0.3 is 20.2 Å². The predicted molar refractivity (Wildman–Crippen MR) is 121 cm³/mol. The molecule has 7 nitrogen and oxygen atoms in total. The van der Waals surface area contributed by atoms with Gasteiger partial charge in [0, 0.05) is 49.7 Å². The lowest BCUT2D eigenvalue weighted by atomic mass is 9.75. The van der Waals surface area contributed by atoms with Crippen LogP contribution in [0.3, 0.4) is 0 Å². The summed E-state index contributed by atoms with van der Waals surface area (Å²) >= 11 is 0. The molecule has 4 aliphatic rings. The van der Waals surface area contributed by atoms with Gasteiger partial charge in [0.25, 0.3) is 5.91 Å². The highest BCUT2D eigenvalue weighted by molar-refractivity contribution is 5.94. The van der Waals surface area contributed by atoms with E-state index in [-0.39, 0.29) is 29.1 Å². The Morgan fingerprint density at radius 2 is 1.64 bits per heavy atom. The molecule has 0 unspecified atom stereocenters. The largest absolute Gasteiger partial charge is 0.490 e. The number of nitrogens with zero attached hydrogens (tertiary/aromatic N) is 2. The predicted octanol–water partition coefficient (Wildman–Crippen LogP) is 3.30. The first-order valence-corrected chi connectivity index (χ1v) is 12.4. The Morgan fingerprint density at radius 3 is 2.19 bits per heavy atom. The number of hydrogen-bond donors (Lipinski definition) is 2. The van der Waals surface area contributed by atoms with Crippen LogP contribution in [0.4, 0.5) is 17.6 Å². The normalized spacial score (nSPS) is 25.9. The van der Waals surface area contributed by atoms with E-state index in [0.717, 1.165) is 38.4 Å². The first kappa shape index (κ1) is 26.4. The van der Waals surface area contributed by atoms with Crippen molar-refractivity contribution in [1.29, 1.82) is 0 Å². The van der Waals surface area contributed by atoms with Crippen LogP contribution in [0.15, 0.2) is 24.3 Å². The molecule has 2 amide bonds. The summed E-state index contributed by atoms with van der Waals surface area (Å²) in [5.74, 6) is -1.65. The van der Waals surface area contributed by atoms with Crippen molar-refractivity contribution in [3.63, 3.8) is 0 Å². The fourth-order valence-corrected chi connectivity index (χ4v) is 6.23. The molecule has 0 radical (unpaired) electrons. The zero-order chi connectivity index (χ0) is 26.1. The quantitative estimate of drug-likeness (QED) is 0.606. The van der Waals surface area contributed by atoms with Crippen LogP contribution in [0.25, 0.3) is 0 Å². The number of amides is 2. The fraction of sp³-hybridized carbons (Fsp3) is 0.640. The molecule has 1 saturated carbocycles. The van der Waals surface area contributed by atoms with Crippen molar-refractivity contribution in [2.24, 2.45) is 17.8 Å². The summed E-state index contributed by atoms with van der Waals surface area (Å²) in [5.41, 5.74) is 0.366. The third-order valence-corrected chi connectivity index (χ3v) is 8.08. The number of piperidine rings is 1. The van der Waals surface area contributed by atoms with Crippen LogP contribution in [0.5, 0.6) is 0 Å². The van der Waals surface area contributed by atoms with E-state index in [9.17, 15) is 27.2 Å². The first-order chi connectivity index (χ1) is 17.0. The molecule has 198 valence electrons. The van der Waals surface area contributed by atoms with Gasteiger partial charge in [-0.25, -0.2) is 9.18 Å². The van der Waals surface area contributed by atoms with Crippen molar-refractivity contribution in [1.82, 2.24) is 15.1 Å². The molecule has 2 N–H and O–H groups in total. The molecule has 1 aliphatic carbocycles. The third kappa shape index (κ3) is 5.66. The Balaban J connectivity index is 0.000000384. The monoisotopic (exact) mass is 513 g/mol. The second-order valence-corrected chi connectivity index (χ2v) is 10.3. The van der Waals surface area contributed by atoms with Gasteiger partial charge in [0.05, 0.1) is 5.92 Å². The van der Waals surface area contributed by atoms with Gasteiger partial charge in [0.1, 0.15) is 5.82 Å². The number of carboxylic acid groups (broad SMARTS) is 1. The number of benzene rings is 1. The number of rotatable bonds is 3. The molecular weight excluding hydrogens is 482 g/mol. The van der Waals surface area contributed by atoms with Crippen molar-refractivity contribution in [3.8, 4) is 0 Å². The second-order valence-electron chi connectivity index (χ2n) is 10.3. The lowest BCUT2D eigenvalue weighted by Crippen LogP contribution is -2.56. The summed E-state index contributed by atoms with van der Waals surface area (Å²) in [6, 6.07) is 5.76. The van der Waals surface area contributed by atoms with E-state index in [4.69, 9.17) is 9.90 Å². The summed E-state index contributed by atoms with van der Waals surface area (Å²) in [5, 5.41) is 10.5. The number of carbonyl (C=O) groups excluding carboxylic acids is 2. The maximum absolute atomic E-state index is 13.1. The van der Waals surface area contributed by atoms with Crippen molar-refractivity contribution >= 4 is 17.8 Å². The van der Waals surface area contributed by atoms with Crippen LogP contribution < -0.4 is 5.32 Å². The summed E-state index contributed by atoms with van der Waals surface area (Å²) in [6.07, 6.45) is 1.92. The third-order valence-electron chi connectivity index (χ3n) is 8.08. The van der Waals surface area contributed by atoms with Crippen LogP contribution in [0.2, 0.25) is 0 Å². The average Bonchev–Trinajstić information content (AvgIpc) is 3.54. The minimum absolute atomic E-state index is 0.0463. The minimum atomic E-state index is -5.08. The van der Waals surface area contributed by atoms with E-state index in [2.05, 4.69) is 10.2 Å². The highest BCUT2D eigenvalue weighted by Crippen LogP contribution is 2.44. The first-order valence-electron chi connectivity index (χ1n) is 12.4. The van der Waals surface area contributed by atoms with Crippen molar-refractivity contribution < 1.29 is 37.1 Å². The van der Waals surface area contributed by atoms with Gasteiger partial charge in [-0.2, -0.15) is 13.2 Å². The fourth-order valence-electron chi connectivity index (χ4n) is 6.23. The molecular formula is C25H31F4N3O4. The van der Waals surface area contributed by atoms with Crippen molar-refractivity contribution in [2.75, 3.05) is 32.7 Å². The van der Waals surface area contributed by atoms with Gasteiger partial charge in [-0.15, -0.1) is 0 Å². The number of carbonyl (C=O) groups is 3. The Kier molecular flexibility index (Phi) is 7.59. The van der Waals surface area contributed by atoms with E-state index in [0.29, 0.717) is 24.6 Å². The van der Waals surface area contributed by atoms with Gasteiger partial charge in [-0.3, -0.25) is 9.59 Å². The van der Waals surface area contributed by atoms with E-state index in [1.165, 1.54) is 37.8 Å². The summed E-state index contributed by atoms with van der Waals surface area (Å²) in [7, 11) is 0. The smallest absolute Gasteiger partial charge is 0.475 e. The Labute approximate surface area is 206 Å². The minimum Gasteiger partial charge on any atom is -0.475 e. The van der Waals surface area contributed by atoms with E-state index in [1.807, 2.05) is 4.90 Å². The summed E-state index contributed by atoms with van der Waals surface area (Å²) in [4.78, 5) is 38.8. The van der Waals surface area contributed by atoms with Gasteiger partial charge >= 0.3 is 12.1 Å².